The van der Waals surface area contributed by atoms with E-state index in [2.05, 4.69) is 328 Å². The maximum Gasteiger partial charge on any atom is -0.00206 e. The summed E-state index contributed by atoms with van der Waals surface area (Å²) in [7, 11) is 0. The van der Waals surface area contributed by atoms with Gasteiger partial charge in [-0.05, 0) is 230 Å². The van der Waals surface area contributed by atoms with Gasteiger partial charge in [0.2, 0.25) is 0 Å². The van der Waals surface area contributed by atoms with Gasteiger partial charge in [-0.25, -0.2) is 0 Å². The Bertz CT molecular complexity index is 5770. The first-order valence-corrected chi connectivity index (χ1v) is 32.8. The summed E-state index contributed by atoms with van der Waals surface area (Å²) in [4.78, 5) is 0. The zero-order valence-corrected chi connectivity index (χ0v) is 51.2. The first kappa shape index (κ1) is 51.5. The van der Waals surface area contributed by atoms with Crippen LogP contribution in [0, 0.1) is 0 Å². The highest BCUT2D eigenvalue weighted by atomic mass is 14.3. The van der Waals surface area contributed by atoms with Gasteiger partial charge in [-0.1, -0.05) is 315 Å². The Kier molecular flexibility index (Phi) is 10.8. The molecule has 0 atom stereocenters. The molecule has 430 valence electrons. The van der Waals surface area contributed by atoms with Crippen LogP contribution in [-0.4, -0.2) is 0 Å². The molecule has 0 radical (unpaired) electrons. The smallest absolute Gasteiger partial charge is 0.00206 e. The molecule has 0 spiro atoms. The van der Waals surface area contributed by atoms with Gasteiger partial charge >= 0.3 is 0 Å². The van der Waals surface area contributed by atoms with Gasteiger partial charge in [0.1, 0.15) is 0 Å². The number of rotatable bonds is 8. The number of benzene rings is 21. The van der Waals surface area contributed by atoms with Gasteiger partial charge in [-0.15, -0.1) is 0 Å². The molecule has 21 rings (SSSR count). The molecule has 0 heteroatoms. The maximum absolute atomic E-state index is 2.49. The second kappa shape index (κ2) is 19.6. The van der Waals surface area contributed by atoms with E-state index < -0.39 is 0 Å². The van der Waals surface area contributed by atoms with Crippen molar-refractivity contribution in [2.45, 2.75) is 0 Å². The van der Waals surface area contributed by atoms with E-state index in [-0.39, 0.29) is 0 Å². The minimum atomic E-state index is 1.16. The van der Waals surface area contributed by atoms with Crippen LogP contribution in [0.3, 0.4) is 0 Å². The molecule has 0 aromatic heterocycles. The molecule has 0 unspecified atom stereocenters. The van der Waals surface area contributed by atoms with Gasteiger partial charge in [-0.3, -0.25) is 0 Å². The molecule has 21 aromatic carbocycles. The Balaban J connectivity index is 0.756. The van der Waals surface area contributed by atoms with Crippen molar-refractivity contribution in [1.29, 1.82) is 0 Å². The summed E-state index contributed by atoms with van der Waals surface area (Å²) >= 11 is 0. The fraction of sp³-hybridized carbons (Fsp3) is 0. The van der Waals surface area contributed by atoms with Crippen LogP contribution < -0.4 is 0 Å². The average Bonchev–Trinajstić information content (AvgIpc) is 0.765. The van der Waals surface area contributed by atoms with E-state index in [0.717, 1.165) is 22.3 Å². The van der Waals surface area contributed by atoms with Gasteiger partial charge < -0.3 is 0 Å². The van der Waals surface area contributed by atoms with Gasteiger partial charge in [-0.2, -0.15) is 0 Å². The monoisotopic (exact) mass is 1180 g/mol. The Hall–Kier alpha value is -12.2. The molecule has 0 fully saturated rings. The normalized spacial score (nSPS) is 12.3. The third-order valence-electron chi connectivity index (χ3n) is 21.3. The third-order valence-corrected chi connectivity index (χ3v) is 21.3. The maximum atomic E-state index is 2.49. The number of hydrogen-bond donors (Lipinski definition) is 0. The Labute approximate surface area is 542 Å². The van der Waals surface area contributed by atoms with Crippen LogP contribution in [-0.2, 0) is 0 Å². The Morgan fingerprint density at radius 2 is 0.255 bits per heavy atom. The number of hydrogen-bond acceptors (Lipinski definition) is 0. The van der Waals surface area contributed by atoms with E-state index in [0.29, 0.717) is 0 Å². The van der Waals surface area contributed by atoms with Gasteiger partial charge in [0.25, 0.3) is 0 Å². The van der Waals surface area contributed by atoms with E-state index in [1.54, 1.807) is 0 Å². The summed E-state index contributed by atoms with van der Waals surface area (Å²) in [5.41, 5.74) is 19.1. The summed E-state index contributed by atoms with van der Waals surface area (Å²) in [6.45, 7) is 0. The van der Waals surface area contributed by atoms with Crippen LogP contribution in [0.2, 0.25) is 0 Å². The second-order valence-corrected chi connectivity index (χ2v) is 26.1. The van der Waals surface area contributed by atoms with Gasteiger partial charge in [0.05, 0.1) is 0 Å². The highest BCUT2D eigenvalue weighted by Crippen LogP contribution is 2.48. The molecule has 0 aliphatic rings. The molecule has 0 saturated carbocycles. The van der Waals surface area contributed by atoms with Crippen molar-refractivity contribution in [3.05, 3.63) is 328 Å². The topological polar surface area (TPSA) is 0 Å². The SMILES string of the molecule is c1cc2ccc3ccc(-c4ccc(-c5cc(-c6ccc(-c7ccc8ccc9cccc%10ccc7c8c9%10)cc6)c(-c6ccc(-c7ccc8ccc9cccc%10ccc7c8c9%10)cc6)cc5-c5ccc(-c6ccc7ccc8cccc9ccc6c7c89)cc5)cc4)c4ccc(c1)c2c34. The molecule has 94 heavy (non-hydrogen) atoms. The molecular weight excluding hydrogens is 1130 g/mol. The van der Waals surface area contributed by atoms with Crippen molar-refractivity contribution < 1.29 is 0 Å². The molecule has 0 bridgehead atoms. The van der Waals surface area contributed by atoms with Crippen molar-refractivity contribution in [2.75, 3.05) is 0 Å². The summed E-state index contributed by atoms with van der Waals surface area (Å²) in [6.07, 6.45) is 0. The van der Waals surface area contributed by atoms with Crippen molar-refractivity contribution >= 4 is 129 Å². The van der Waals surface area contributed by atoms with E-state index in [1.807, 2.05) is 0 Å². The molecule has 0 heterocycles. The van der Waals surface area contributed by atoms with E-state index in [9.17, 15) is 0 Å². The van der Waals surface area contributed by atoms with Crippen molar-refractivity contribution in [3.8, 4) is 89.0 Å². The predicted molar refractivity (Wildman–Crippen MR) is 405 cm³/mol. The zero-order chi connectivity index (χ0) is 61.3. The van der Waals surface area contributed by atoms with E-state index in [4.69, 9.17) is 0 Å². The highest BCUT2D eigenvalue weighted by molar-refractivity contribution is 6.29. The summed E-state index contributed by atoms with van der Waals surface area (Å²) in [5.74, 6) is 0. The lowest BCUT2D eigenvalue weighted by molar-refractivity contribution is 1.54. The second-order valence-electron chi connectivity index (χ2n) is 26.1. The molecule has 0 amide bonds. The molecular formula is C94H54. The summed E-state index contributed by atoms with van der Waals surface area (Å²) < 4.78 is 0. The molecule has 0 nitrogen and oxygen atoms in total. The fourth-order valence-electron chi connectivity index (χ4n) is 16.8. The van der Waals surface area contributed by atoms with Gasteiger partial charge in [0, 0.05) is 0 Å². The lowest BCUT2D eigenvalue weighted by atomic mass is 9.84. The van der Waals surface area contributed by atoms with Crippen molar-refractivity contribution in [2.24, 2.45) is 0 Å². The largest absolute Gasteiger partial charge is 0.0610 e. The average molecular weight is 1180 g/mol. The van der Waals surface area contributed by atoms with Crippen LogP contribution in [0.4, 0.5) is 0 Å². The minimum absolute atomic E-state index is 1.16. The molecule has 21 aromatic rings. The van der Waals surface area contributed by atoms with Crippen LogP contribution >= 0.6 is 0 Å². The van der Waals surface area contributed by atoms with Crippen molar-refractivity contribution in [1.82, 2.24) is 0 Å². The highest BCUT2D eigenvalue weighted by Gasteiger charge is 2.22. The molecule has 0 aliphatic heterocycles. The first-order valence-electron chi connectivity index (χ1n) is 32.8. The van der Waals surface area contributed by atoms with Crippen molar-refractivity contribution in [3.63, 3.8) is 0 Å². The van der Waals surface area contributed by atoms with Crippen LogP contribution in [0.5, 0.6) is 0 Å². The standard InChI is InChI=1S/C94H54/c1-5-63-29-33-71-37-45-75(79-49-41-67(9-1)87(63)91(71)79)55-13-21-59(22-14-55)83-53-85(61-25-17-57(18-26-61)77-47-39-73-35-31-65-7-3-11-69-43-51-81(77)93(73)89(65)69)86(62-27-19-58(20-28-62)78-48-40-74-36-32-66-8-4-12-70-44-52-82(78)94(74)90(66)70)54-84(83)60-23-15-56(16-24-60)76-46-38-72-34-30-64-6-2-10-68-42-50-80(76)92(72)88(64)68/h1-54H. The molecule has 0 aliphatic carbocycles. The molecule has 0 N–H and O–H groups in total. The lowest BCUT2D eigenvalue weighted by Gasteiger charge is -2.20. The zero-order valence-electron chi connectivity index (χ0n) is 51.2. The Morgan fingerprint density at radius 1 is 0.106 bits per heavy atom. The van der Waals surface area contributed by atoms with Crippen LogP contribution in [0.1, 0.15) is 0 Å². The molecule has 0 saturated heterocycles. The minimum Gasteiger partial charge on any atom is -0.0610 e. The summed E-state index contributed by atoms with van der Waals surface area (Å²) in [5, 5.41) is 31.1. The fourth-order valence-corrected chi connectivity index (χ4v) is 16.8. The van der Waals surface area contributed by atoms with Crippen LogP contribution in [0.15, 0.2) is 328 Å². The van der Waals surface area contributed by atoms with E-state index in [1.165, 1.54) is 196 Å². The van der Waals surface area contributed by atoms with Gasteiger partial charge in [0.15, 0.2) is 0 Å². The Morgan fingerprint density at radius 3 is 0.447 bits per heavy atom. The lowest BCUT2D eigenvalue weighted by Crippen LogP contribution is -1.94. The first-order chi connectivity index (χ1) is 46.6. The summed E-state index contributed by atoms with van der Waals surface area (Å²) in [6, 6.07) is 124. The van der Waals surface area contributed by atoms with Crippen LogP contribution in [0.25, 0.3) is 218 Å². The van der Waals surface area contributed by atoms with E-state index >= 15 is 0 Å². The third kappa shape index (κ3) is 7.57. The predicted octanol–water partition coefficient (Wildman–Crippen LogP) is 26.6. The quantitative estimate of drug-likeness (QED) is 0.133.